The lowest BCUT2D eigenvalue weighted by atomic mass is 9.92. The van der Waals surface area contributed by atoms with Crippen molar-refractivity contribution in [3.05, 3.63) is 32.6 Å². The molecule has 4 heteroatoms. The Morgan fingerprint density at radius 1 is 1.06 bits per heavy atom. The second-order valence-corrected chi connectivity index (χ2v) is 6.08. The summed E-state index contributed by atoms with van der Waals surface area (Å²) in [6.07, 6.45) is 0. The number of hydrogen-bond donors (Lipinski definition) is 1. The van der Waals surface area contributed by atoms with Gasteiger partial charge in [-0.15, -0.1) is 0 Å². The van der Waals surface area contributed by atoms with Crippen molar-refractivity contribution in [3.8, 4) is 0 Å². The molecular formula is C12H20N2O2. The molecule has 0 saturated heterocycles. The number of hydrogen-bond acceptors (Lipinski definition) is 2. The number of nitrogens with zero attached hydrogens (tertiary/aromatic N) is 1. The van der Waals surface area contributed by atoms with Crippen LogP contribution in [0.3, 0.4) is 0 Å². The molecule has 1 aromatic heterocycles. The van der Waals surface area contributed by atoms with Crippen molar-refractivity contribution in [2.24, 2.45) is 0 Å². The molecule has 4 nitrogen and oxygen atoms in total. The summed E-state index contributed by atoms with van der Waals surface area (Å²) in [6, 6.07) is 1.51. The highest BCUT2D eigenvalue weighted by Gasteiger charge is 2.21. The zero-order valence-electron chi connectivity index (χ0n) is 10.8. The van der Waals surface area contributed by atoms with Gasteiger partial charge in [-0.2, -0.15) is 0 Å². The molecule has 1 rings (SSSR count). The van der Waals surface area contributed by atoms with Crippen LogP contribution in [-0.4, -0.2) is 9.55 Å². The second-order valence-electron chi connectivity index (χ2n) is 6.08. The normalized spacial score (nSPS) is 12.9. The Bertz CT molecular complexity index is 464. The van der Waals surface area contributed by atoms with E-state index < -0.39 is 5.54 Å². The lowest BCUT2D eigenvalue weighted by Gasteiger charge is -2.23. The summed E-state index contributed by atoms with van der Waals surface area (Å²) in [7, 11) is 0. The minimum atomic E-state index is -0.499. The van der Waals surface area contributed by atoms with E-state index in [-0.39, 0.29) is 16.7 Å². The third-order valence-corrected chi connectivity index (χ3v) is 2.41. The summed E-state index contributed by atoms with van der Waals surface area (Å²) in [5, 5.41) is 0. The maximum absolute atomic E-state index is 11.9. The Balaban J connectivity index is 3.54. The minimum Gasteiger partial charge on any atom is -0.310 e. The molecule has 0 unspecified atom stereocenters. The molecule has 16 heavy (non-hydrogen) atoms. The molecule has 1 N–H and O–H groups in total. The summed E-state index contributed by atoms with van der Waals surface area (Å²) in [4.78, 5) is 26.5. The zero-order valence-corrected chi connectivity index (χ0v) is 10.8. The van der Waals surface area contributed by atoms with E-state index in [0.29, 0.717) is 5.69 Å². The molecule has 0 aliphatic heterocycles. The van der Waals surface area contributed by atoms with Crippen LogP contribution in [-0.2, 0) is 11.0 Å². The van der Waals surface area contributed by atoms with Gasteiger partial charge in [0.2, 0.25) is 0 Å². The predicted molar refractivity (Wildman–Crippen MR) is 65.0 cm³/mol. The maximum Gasteiger partial charge on any atom is 0.329 e. The highest BCUT2D eigenvalue weighted by Crippen LogP contribution is 2.17. The third-order valence-electron chi connectivity index (χ3n) is 2.41. The van der Waals surface area contributed by atoms with E-state index in [1.54, 1.807) is 0 Å². The summed E-state index contributed by atoms with van der Waals surface area (Å²) < 4.78 is 1.24. The van der Waals surface area contributed by atoms with E-state index in [1.807, 2.05) is 41.5 Å². The van der Waals surface area contributed by atoms with Gasteiger partial charge in [0, 0.05) is 22.7 Å². The molecule has 1 heterocycles. The van der Waals surface area contributed by atoms with Gasteiger partial charge >= 0.3 is 5.69 Å². The number of aromatic nitrogens is 2. The molecule has 0 spiro atoms. The Morgan fingerprint density at radius 3 is 1.88 bits per heavy atom. The van der Waals surface area contributed by atoms with Crippen LogP contribution in [0.4, 0.5) is 0 Å². The molecule has 0 amide bonds. The third kappa shape index (κ3) is 2.43. The minimum absolute atomic E-state index is 0.227. The standard InChI is InChI=1S/C12H20N2O2/c1-11(2,3)8-7-9(15)14(10(16)13-8)12(4,5)6/h7H,1-6H3,(H,13,16). The van der Waals surface area contributed by atoms with Crippen molar-refractivity contribution < 1.29 is 0 Å². The number of H-pyrrole nitrogens is 1. The Hall–Kier alpha value is -1.32. The van der Waals surface area contributed by atoms with E-state index in [9.17, 15) is 9.59 Å². The quantitative estimate of drug-likeness (QED) is 0.727. The average molecular weight is 224 g/mol. The van der Waals surface area contributed by atoms with Crippen LogP contribution >= 0.6 is 0 Å². The first kappa shape index (κ1) is 12.7. The molecule has 90 valence electrons. The molecule has 0 bridgehead atoms. The Morgan fingerprint density at radius 2 is 1.56 bits per heavy atom. The van der Waals surface area contributed by atoms with Crippen LogP contribution in [0.25, 0.3) is 0 Å². The molecule has 0 aliphatic rings. The van der Waals surface area contributed by atoms with E-state index in [0.717, 1.165) is 0 Å². The van der Waals surface area contributed by atoms with E-state index in [2.05, 4.69) is 4.98 Å². The van der Waals surface area contributed by atoms with Crippen LogP contribution in [0, 0.1) is 0 Å². The largest absolute Gasteiger partial charge is 0.329 e. The molecule has 0 aromatic carbocycles. The topological polar surface area (TPSA) is 54.9 Å². The van der Waals surface area contributed by atoms with E-state index in [4.69, 9.17) is 0 Å². The zero-order chi connectivity index (χ0) is 12.7. The first-order valence-corrected chi connectivity index (χ1v) is 5.41. The maximum atomic E-state index is 11.9. The Kier molecular flexibility index (Phi) is 2.88. The smallest absolute Gasteiger partial charge is 0.310 e. The van der Waals surface area contributed by atoms with Gasteiger partial charge in [0.1, 0.15) is 0 Å². The molecule has 1 aromatic rings. The van der Waals surface area contributed by atoms with E-state index >= 15 is 0 Å². The summed E-state index contributed by atoms with van der Waals surface area (Å²) in [6.45, 7) is 11.4. The predicted octanol–water partition coefficient (Wildman–Crippen LogP) is 1.59. The summed E-state index contributed by atoms with van der Waals surface area (Å²) >= 11 is 0. The van der Waals surface area contributed by atoms with Crippen molar-refractivity contribution in [1.29, 1.82) is 0 Å². The van der Waals surface area contributed by atoms with Gasteiger partial charge in [0.15, 0.2) is 0 Å². The lowest BCUT2D eigenvalue weighted by Crippen LogP contribution is -2.45. The SMILES string of the molecule is CC(C)(C)c1cc(=O)n(C(C)(C)C)c(=O)[nH]1. The fraction of sp³-hybridized carbons (Fsp3) is 0.667. The monoisotopic (exact) mass is 224 g/mol. The van der Waals surface area contributed by atoms with Crippen molar-refractivity contribution in [2.75, 3.05) is 0 Å². The molecule has 0 aliphatic carbocycles. The average Bonchev–Trinajstić information content (AvgIpc) is 1.97. The summed E-state index contributed by atoms with van der Waals surface area (Å²) in [5.74, 6) is 0. The van der Waals surface area contributed by atoms with Crippen molar-refractivity contribution in [3.63, 3.8) is 0 Å². The van der Waals surface area contributed by atoms with Crippen LogP contribution in [0.5, 0.6) is 0 Å². The van der Waals surface area contributed by atoms with Gasteiger partial charge in [0.05, 0.1) is 0 Å². The van der Waals surface area contributed by atoms with Gasteiger partial charge in [0.25, 0.3) is 5.56 Å². The highest BCUT2D eigenvalue weighted by atomic mass is 16.2. The number of rotatable bonds is 0. The first-order chi connectivity index (χ1) is 7.03. The fourth-order valence-electron chi connectivity index (χ4n) is 1.53. The van der Waals surface area contributed by atoms with E-state index in [1.165, 1.54) is 10.6 Å². The van der Waals surface area contributed by atoms with Gasteiger partial charge in [-0.05, 0) is 20.8 Å². The van der Waals surface area contributed by atoms with Crippen molar-refractivity contribution in [1.82, 2.24) is 9.55 Å². The van der Waals surface area contributed by atoms with Crippen molar-refractivity contribution >= 4 is 0 Å². The van der Waals surface area contributed by atoms with Crippen molar-refractivity contribution in [2.45, 2.75) is 52.5 Å². The molecule has 0 atom stereocenters. The van der Waals surface area contributed by atoms with Gasteiger partial charge < -0.3 is 4.98 Å². The van der Waals surface area contributed by atoms with Crippen LogP contribution < -0.4 is 11.2 Å². The molecule has 0 radical (unpaired) electrons. The van der Waals surface area contributed by atoms with Gasteiger partial charge in [-0.1, -0.05) is 20.8 Å². The first-order valence-electron chi connectivity index (χ1n) is 5.41. The number of aromatic amines is 1. The Labute approximate surface area is 95.3 Å². The lowest BCUT2D eigenvalue weighted by molar-refractivity contribution is 0.362. The van der Waals surface area contributed by atoms with Crippen LogP contribution in [0.1, 0.15) is 47.2 Å². The summed E-state index contributed by atoms with van der Waals surface area (Å²) in [5.41, 5.74) is -0.648. The van der Waals surface area contributed by atoms with Gasteiger partial charge in [-0.25, -0.2) is 4.79 Å². The second kappa shape index (κ2) is 3.61. The number of nitrogens with one attached hydrogen (secondary N) is 1. The van der Waals surface area contributed by atoms with Crippen LogP contribution in [0.2, 0.25) is 0 Å². The highest BCUT2D eigenvalue weighted by molar-refractivity contribution is 5.11. The molecule has 0 saturated carbocycles. The van der Waals surface area contributed by atoms with Crippen LogP contribution in [0.15, 0.2) is 15.7 Å². The van der Waals surface area contributed by atoms with Gasteiger partial charge in [-0.3, -0.25) is 9.36 Å². The fourth-order valence-corrected chi connectivity index (χ4v) is 1.53. The molecular weight excluding hydrogens is 204 g/mol. The molecule has 0 fully saturated rings.